The summed E-state index contributed by atoms with van der Waals surface area (Å²) < 4.78 is 0.900. The van der Waals surface area contributed by atoms with Gasteiger partial charge in [-0.1, -0.05) is 28.1 Å². The SMILES string of the molecule is O=C(O)/C=C/c1ccc(CCCCl)cc1Br. The van der Waals surface area contributed by atoms with Gasteiger partial charge in [0.2, 0.25) is 0 Å². The molecule has 0 atom stereocenters. The number of carbonyl (C=O) groups is 1. The van der Waals surface area contributed by atoms with Crippen LogP contribution in [0.15, 0.2) is 28.7 Å². The molecule has 86 valence electrons. The molecule has 0 fully saturated rings. The van der Waals surface area contributed by atoms with E-state index in [1.807, 2.05) is 18.2 Å². The Morgan fingerprint density at radius 3 is 2.81 bits per heavy atom. The van der Waals surface area contributed by atoms with E-state index < -0.39 is 5.97 Å². The van der Waals surface area contributed by atoms with Crippen LogP contribution in [0.1, 0.15) is 17.5 Å². The zero-order valence-electron chi connectivity index (χ0n) is 8.62. The number of aryl methyl sites for hydroxylation is 1. The highest BCUT2D eigenvalue weighted by atomic mass is 79.9. The monoisotopic (exact) mass is 302 g/mol. The van der Waals surface area contributed by atoms with Crippen molar-refractivity contribution < 1.29 is 9.90 Å². The summed E-state index contributed by atoms with van der Waals surface area (Å²) in [6.07, 6.45) is 4.57. The van der Waals surface area contributed by atoms with E-state index in [1.54, 1.807) is 6.08 Å². The predicted octanol–water partition coefficient (Wildman–Crippen LogP) is 3.72. The van der Waals surface area contributed by atoms with Crippen LogP contribution in [-0.4, -0.2) is 17.0 Å². The van der Waals surface area contributed by atoms with Gasteiger partial charge in [0.05, 0.1) is 0 Å². The number of hydrogen-bond acceptors (Lipinski definition) is 1. The first-order valence-electron chi connectivity index (χ1n) is 4.89. The number of hydrogen-bond donors (Lipinski definition) is 1. The van der Waals surface area contributed by atoms with Crippen molar-refractivity contribution in [2.75, 3.05) is 5.88 Å². The Bertz CT molecular complexity index is 402. The van der Waals surface area contributed by atoms with Crippen LogP contribution in [0.5, 0.6) is 0 Å². The first kappa shape index (κ1) is 13.3. The first-order valence-corrected chi connectivity index (χ1v) is 6.21. The Hall–Kier alpha value is -0.800. The van der Waals surface area contributed by atoms with Crippen molar-refractivity contribution in [2.45, 2.75) is 12.8 Å². The summed E-state index contributed by atoms with van der Waals surface area (Å²) in [6.45, 7) is 0. The minimum Gasteiger partial charge on any atom is -0.478 e. The fraction of sp³-hybridized carbons (Fsp3) is 0.250. The van der Waals surface area contributed by atoms with Gasteiger partial charge in [0.25, 0.3) is 0 Å². The van der Waals surface area contributed by atoms with Crippen LogP contribution in [0.4, 0.5) is 0 Å². The lowest BCUT2D eigenvalue weighted by molar-refractivity contribution is -0.131. The lowest BCUT2D eigenvalue weighted by Gasteiger charge is -2.03. The summed E-state index contributed by atoms with van der Waals surface area (Å²) in [5.74, 6) is -0.295. The molecule has 0 radical (unpaired) electrons. The molecule has 0 saturated heterocycles. The molecule has 0 bridgehead atoms. The maximum atomic E-state index is 10.4. The van der Waals surface area contributed by atoms with Crippen molar-refractivity contribution in [1.29, 1.82) is 0 Å². The molecule has 0 aliphatic heterocycles. The molecule has 0 unspecified atom stereocenters. The molecule has 0 aromatic heterocycles. The normalized spacial score (nSPS) is 10.9. The maximum absolute atomic E-state index is 10.4. The highest BCUT2D eigenvalue weighted by Gasteiger charge is 1.99. The van der Waals surface area contributed by atoms with E-state index in [2.05, 4.69) is 15.9 Å². The van der Waals surface area contributed by atoms with Crippen LogP contribution in [0, 0.1) is 0 Å². The fourth-order valence-corrected chi connectivity index (χ4v) is 1.99. The van der Waals surface area contributed by atoms with Gasteiger partial charge in [0.15, 0.2) is 0 Å². The number of aliphatic carboxylic acids is 1. The average molecular weight is 304 g/mol. The third-order valence-corrected chi connectivity index (χ3v) is 3.02. The molecule has 0 amide bonds. The number of alkyl halides is 1. The van der Waals surface area contributed by atoms with Crippen LogP contribution in [0.3, 0.4) is 0 Å². The highest BCUT2D eigenvalue weighted by molar-refractivity contribution is 9.10. The zero-order chi connectivity index (χ0) is 12.0. The maximum Gasteiger partial charge on any atom is 0.328 e. The first-order chi connectivity index (χ1) is 7.63. The molecule has 4 heteroatoms. The van der Waals surface area contributed by atoms with Gasteiger partial charge in [-0.25, -0.2) is 4.79 Å². The molecule has 0 spiro atoms. The van der Waals surface area contributed by atoms with Gasteiger partial charge in [-0.15, -0.1) is 11.6 Å². The smallest absolute Gasteiger partial charge is 0.328 e. The summed E-state index contributed by atoms with van der Waals surface area (Å²) in [5.41, 5.74) is 2.05. The van der Waals surface area contributed by atoms with Crippen LogP contribution in [0.2, 0.25) is 0 Å². The molecule has 16 heavy (non-hydrogen) atoms. The third kappa shape index (κ3) is 4.37. The second kappa shape index (κ2) is 6.71. The van der Waals surface area contributed by atoms with E-state index in [1.165, 1.54) is 5.56 Å². The molecular formula is C12H12BrClO2. The fourth-order valence-electron chi connectivity index (χ4n) is 1.29. The Labute approximate surface area is 108 Å². The zero-order valence-corrected chi connectivity index (χ0v) is 11.0. The van der Waals surface area contributed by atoms with E-state index >= 15 is 0 Å². The molecule has 1 aromatic carbocycles. The Balaban J connectivity index is 2.79. The van der Waals surface area contributed by atoms with E-state index in [9.17, 15) is 4.79 Å². The Morgan fingerprint density at radius 2 is 2.25 bits per heavy atom. The molecular weight excluding hydrogens is 291 g/mol. The summed E-state index contributed by atoms with van der Waals surface area (Å²) in [6, 6.07) is 5.87. The van der Waals surface area contributed by atoms with Gasteiger partial charge in [0, 0.05) is 16.4 Å². The van der Waals surface area contributed by atoms with E-state index in [-0.39, 0.29) is 0 Å². The summed E-state index contributed by atoms with van der Waals surface area (Å²) in [4.78, 5) is 10.4. The summed E-state index contributed by atoms with van der Waals surface area (Å²) in [5, 5.41) is 8.52. The highest BCUT2D eigenvalue weighted by Crippen LogP contribution is 2.20. The van der Waals surface area contributed by atoms with Crippen LogP contribution < -0.4 is 0 Å². The molecule has 1 aromatic rings. The Kier molecular flexibility index (Phi) is 5.56. The van der Waals surface area contributed by atoms with Gasteiger partial charge in [-0.2, -0.15) is 0 Å². The van der Waals surface area contributed by atoms with Crippen molar-refractivity contribution in [3.63, 3.8) is 0 Å². The molecule has 0 aliphatic carbocycles. The molecule has 0 heterocycles. The second-order valence-corrected chi connectivity index (χ2v) is 4.55. The number of halogens is 2. The van der Waals surface area contributed by atoms with Crippen molar-refractivity contribution in [1.82, 2.24) is 0 Å². The molecule has 1 N–H and O–H groups in total. The van der Waals surface area contributed by atoms with Crippen LogP contribution in [-0.2, 0) is 11.2 Å². The minimum atomic E-state index is -0.946. The standard InChI is InChI=1S/C12H12BrClO2/c13-11-8-9(2-1-7-14)3-4-10(11)5-6-12(15)16/h3-6,8H,1-2,7H2,(H,15,16)/b6-5+. The Morgan fingerprint density at radius 1 is 1.50 bits per heavy atom. The average Bonchev–Trinajstić information content (AvgIpc) is 2.24. The lowest BCUT2D eigenvalue weighted by Crippen LogP contribution is -1.89. The van der Waals surface area contributed by atoms with Crippen molar-refractivity contribution >= 4 is 39.6 Å². The summed E-state index contributed by atoms with van der Waals surface area (Å²) in [7, 11) is 0. The van der Waals surface area contributed by atoms with Crippen molar-refractivity contribution in [3.8, 4) is 0 Å². The van der Waals surface area contributed by atoms with Gasteiger partial charge < -0.3 is 5.11 Å². The van der Waals surface area contributed by atoms with Crippen molar-refractivity contribution in [2.24, 2.45) is 0 Å². The van der Waals surface area contributed by atoms with E-state index in [0.29, 0.717) is 5.88 Å². The lowest BCUT2D eigenvalue weighted by atomic mass is 10.1. The minimum absolute atomic E-state index is 0.651. The predicted molar refractivity (Wildman–Crippen MR) is 69.9 cm³/mol. The van der Waals surface area contributed by atoms with Crippen LogP contribution >= 0.6 is 27.5 Å². The van der Waals surface area contributed by atoms with Gasteiger partial charge in [-0.3, -0.25) is 0 Å². The largest absolute Gasteiger partial charge is 0.478 e. The van der Waals surface area contributed by atoms with Crippen LogP contribution in [0.25, 0.3) is 6.08 Å². The van der Waals surface area contributed by atoms with Gasteiger partial charge in [0.1, 0.15) is 0 Å². The van der Waals surface area contributed by atoms with E-state index in [0.717, 1.165) is 29.0 Å². The number of carboxylic acids is 1. The van der Waals surface area contributed by atoms with Gasteiger partial charge >= 0.3 is 5.97 Å². The quantitative estimate of drug-likeness (QED) is 0.665. The molecule has 0 saturated carbocycles. The number of rotatable bonds is 5. The van der Waals surface area contributed by atoms with Crippen molar-refractivity contribution in [3.05, 3.63) is 39.9 Å². The number of carboxylic acid groups (broad SMARTS) is 1. The molecule has 1 rings (SSSR count). The third-order valence-electron chi connectivity index (χ3n) is 2.07. The summed E-state index contributed by atoms with van der Waals surface area (Å²) >= 11 is 9.03. The molecule has 2 nitrogen and oxygen atoms in total. The van der Waals surface area contributed by atoms with Gasteiger partial charge in [-0.05, 0) is 36.1 Å². The number of benzene rings is 1. The molecule has 0 aliphatic rings. The van der Waals surface area contributed by atoms with E-state index in [4.69, 9.17) is 16.7 Å². The topological polar surface area (TPSA) is 37.3 Å². The second-order valence-electron chi connectivity index (χ2n) is 3.32.